The Morgan fingerprint density at radius 1 is 0.947 bits per heavy atom. The molecule has 1 aromatic heterocycles. The van der Waals surface area contributed by atoms with Crippen LogP contribution in [-0.2, 0) is 0 Å². The molecule has 94 valence electrons. The van der Waals surface area contributed by atoms with E-state index in [1.165, 1.54) is 0 Å². The number of hydrogen-bond donors (Lipinski definition) is 1. The first-order valence-electron chi connectivity index (χ1n) is 5.87. The second kappa shape index (κ2) is 4.78. The molecule has 0 bridgehead atoms. The summed E-state index contributed by atoms with van der Waals surface area (Å²) in [6.07, 6.45) is 0. The maximum Gasteiger partial charge on any atom is 0.265 e. The van der Waals surface area contributed by atoms with E-state index in [2.05, 4.69) is 5.10 Å². The van der Waals surface area contributed by atoms with Crippen molar-refractivity contribution in [3.8, 4) is 16.9 Å². The van der Waals surface area contributed by atoms with E-state index >= 15 is 0 Å². The van der Waals surface area contributed by atoms with Gasteiger partial charge in [-0.1, -0.05) is 41.9 Å². The van der Waals surface area contributed by atoms with Crippen molar-refractivity contribution in [2.45, 2.75) is 0 Å². The third-order valence-corrected chi connectivity index (χ3v) is 3.14. The van der Waals surface area contributed by atoms with Crippen LogP contribution in [0.15, 0.2) is 65.5 Å². The number of nitrogens with zero attached hydrogens (tertiary/aromatic N) is 1. The second-order valence-corrected chi connectivity index (χ2v) is 4.62. The van der Waals surface area contributed by atoms with Gasteiger partial charge in [-0.25, -0.2) is 0 Å². The van der Waals surface area contributed by atoms with Crippen molar-refractivity contribution in [1.82, 2.24) is 9.78 Å². The predicted molar refractivity (Wildman–Crippen MR) is 76.8 cm³/mol. The monoisotopic (exact) mass is 270 g/mol. The van der Waals surface area contributed by atoms with E-state index in [4.69, 9.17) is 11.6 Å². The average Bonchev–Trinajstić information content (AvgIpc) is 2.83. The Kier molecular flexibility index (Phi) is 2.97. The Morgan fingerprint density at radius 2 is 1.63 bits per heavy atom. The van der Waals surface area contributed by atoms with Crippen molar-refractivity contribution in [3.05, 3.63) is 76.0 Å². The maximum atomic E-state index is 11.6. The number of rotatable bonds is 2. The van der Waals surface area contributed by atoms with Gasteiger partial charge in [-0.15, -0.1) is 0 Å². The fourth-order valence-electron chi connectivity index (χ4n) is 2.01. The first-order chi connectivity index (χ1) is 9.24. The Bertz CT molecular complexity index is 742. The van der Waals surface area contributed by atoms with Crippen LogP contribution in [0.3, 0.4) is 0 Å². The highest BCUT2D eigenvalue weighted by atomic mass is 35.5. The van der Waals surface area contributed by atoms with E-state index in [1.807, 2.05) is 54.6 Å². The molecule has 19 heavy (non-hydrogen) atoms. The fraction of sp³-hybridized carbons (Fsp3) is 0. The van der Waals surface area contributed by atoms with E-state index < -0.39 is 0 Å². The van der Waals surface area contributed by atoms with Gasteiger partial charge in [0.15, 0.2) is 0 Å². The second-order valence-electron chi connectivity index (χ2n) is 4.18. The average molecular weight is 271 g/mol. The smallest absolute Gasteiger partial charge is 0.265 e. The SMILES string of the molecule is O=c1cc(-c2ccc(Cl)cc2)n(-c2ccccc2)[nH]1. The highest BCUT2D eigenvalue weighted by Gasteiger charge is 2.08. The highest BCUT2D eigenvalue weighted by Crippen LogP contribution is 2.22. The van der Waals surface area contributed by atoms with E-state index in [9.17, 15) is 4.79 Å². The van der Waals surface area contributed by atoms with E-state index in [0.29, 0.717) is 5.02 Å². The molecule has 0 saturated heterocycles. The molecule has 3 rings (SSSR count). The van der Waals surface area contributed by atoms with Crippen molar-refractivity contribution in [1.29, 1.82) is 0 Å². The van der Waals surface area contributed by atoms with Gasteiger partial charge in [0.05, 0.1) is 11.4 Å². The molecule has 0 aliphatic rings. The molecule has 0 atom stereocenters. The summed E-state index contributed by atoms with van der Waals surface area (Å²) in [7, 11) is 0. The number of halogens is 1. The zero-order valence-corrected chi connectivity index (χ0v) is 10.8. The molecular formula is C15H11ClN2O. The third kappa shape index (κ3) is 2.33. The third-order valence-electron chi connectivity index (χ3n) is 2.89. The Hall–Kier alpha value is -2.26. The minimum atomic E-state index is -0.131. The van der Waals surface area contributed by atoms with Crippen molar-refractivity contribution >= 4 is 11.6 Å². The fourth-order valence-corrected chi connectivity index (χ4v) is 2.13. The molecule has 3 nitrogen and oxygen atoms in total. The summed E-state index contributed by atoms with van der Waals surface area (Å²) in [6.45, 7) is 0. The summed E-state index contributed by atoms with van der Waals surface area (Å²) in [5.74, 6) is 0. The molecule has 0 fully saturated rings. The van der Waals surface area contributed by atoms with E-state index in [0.717, 1.165) is 16.9 Å². The zero-order chi connectivity index (χ0) is 13.2. The number of para-hydroxylation sites is 1. The molecule has 0 radical (unpaired) electrons. The lowest BCUT2D eigenvalue weighted by Gasteiger charge is -2.08. The summed E-state index contributed by atoms with van der Waals surface area (Å²) >= 11 is 5.88. The van der Waals surface area contributed by atoms with E-state index in [1.54, 1.807) is 10.7 Å². The number of nitrogens with one attached hydrogen (secondary N) is 1. The van der Waals surface area contributed by atoms with Crippen LogP contribution in [0.5, 0.6) is 0 Å². The summed E-state index contributed by atoms with van der Waals surface area (Å²) < 4.78 is 1.77. The topological polar surface area (TPSA) is 37.8 Å². The van der Waals surface area contributed by atoms with Gasteiger partial charge in [0.1, 0.15) is 0 Å². The molecule has 0 aliphatic heterocycles. The quantitative estimate of drug-likeness (QED) is 0.760. The molecular weight excluding hydrogens is 260 g/mol. The first-order valence-corrected chi connectivity index (χ1v) is 6.25. The molecule has 0 unspecified atom stereocenters. The normalized spacial score (nSPS) is 10.6. The molecule has 1 N–H and O–H groups in total. The zero-order valence-electron chi connectivity index (χ0n) is 10.0. The van der Waals surface area contributed by atoms with Crippen LogP contribution in [0.4, 0.5) is 0 Å². The van der Waals surface area contributed by atoms with Crippen molar-refractivity contribution < 1.29 is 0 Å². The van der Waals surface area contributed by atoms with Crippen molar-refractivity contribution in [2.75, 3.05) is 0 Å². The summed E-state index contributed by atoms with van der Waals surface area (Å²) in [6, 6.07) is 18.7. The van der Waals surface area contributed by atoms with Crippen LogP contribution in [0.1, 0.15) is 0 Å². The summed E-state index contributed by atoms with van der Waals surface area (Å²) in [4.78, 5) is 11.6. The van der Waals surface area contributed by atoms with Gasteiger partial charge in [-0.3, -0.25) is 14.6 Å². The van der Waals surface area contributed by atoms with Crippen LogP contribution in [0.25, 0.3) is 16.9 Å². The highest BCUT2D eigenvalue weighted by molar-refractivity contribution is 6.30. The molecule has 3 aromatic rings. The number of H-pyrrole nitrogens is 1. The standard InChI is InChI=1S/C15H11ClN2O/c16-12-8-6-11(7-9-12)14-10-15(19)17-18(14)13-4-2-1-3-5-13/h1-10H,(H,17,19). The van der Waals surface area contributed by atoms with E-state index in [-0.39, 0.29) is 5.56 Å². The van der Waals surface area contributed by atoms with Gasteiger partial charge in [-0.05, 0) is 24.3 Å². The minimum absolute atomic E-state index is 0.131. The predicted octanol–water partition coefficient (Wildman–Crippen LogP) is 3.49. The molecule has 0 amide bonds. The van der Waals surface area contributed by atoms with Gasteiger partial charge < -0.3 is 0 Å². The summed E-state index contributed by atoms with van der Waals surface area (Å²) in [5, 5.41) is 3.48. The van der Waals surface area contributed by atoms with Gasteiger partial charge >= 0.3 is 0 Å². The van der Waals surface area contributed by atoms with Crippen LogP contribution in [-0.4, -0.2) is 9.78 Å². The van der Waals surface area contributed by atoms with Gasteiger partial charge in [0.25, 0.3) is 5.56 Å². The number of aromatic nitrogens is 2. The first kappa shape index (κ1) is 11.8. The number of benzene rings is 2. The minimum Gasteiger partial charge on any atom is -0.268 e. The van der Waals surface area contributed by atoms with Crippen LogP contribution in [0.2, 0.25) is 5.02 Å². The molecule has 0 aliphatic carbocycles. The van der Waals surface area contributed by atoms with Crippen LogP contribution < -0.4 is 5.56 Å². The molecule has 2 aromatic carbocycles. The van der Waals surface area contributed by atoms with Gasteiger partial charge in [-0.2, -0.15) is 0 Å². The Labute approximate surface area is 115 Å². The molecule has 1 heterocycles. The van der Waals surface area contributed by atoms with Crippen molar-refractivity contribution in [2.24, 2.45) is 0 Å². The van der Waals surface area contributed by atoms with Gasteiger partial charge in [0.2, 0.25) is 0 Å². The number of aromatic amines is 1. The maximum absolute atomic E-state index is 11.6. The summed E-state index contributed by atoms with van der Waals surface area (Å²) in [5.41, 5.74) is 2.53. The molecule has 4 heteroatoms. The Morgan fingerprint density at radius 3 is 2.32 bits per heavy atom. The van der Waals surface area contributed by atoms with Crippen LogP contribution in [0, 0.1) is 0 Å². The lowest BCUT2D eigenvalue weighted by Crippen LogP contribution is -2.03. The lowest BCUT2D eigenvalue weighted by molar-refractivity contribution is 0.871. The molecule has 0 saturated carbocycles. The largest absolute Gasteiger partial charge is 0.268 e. The Balaban J connectivity index is 2.17. The lowest BCUT2D eigenvalue weighted by atomic mass is 10.1. The van der Waals surface area contributed by atoms with Gasteiger partial charge in [0, 0.05) is 16.7 Å². The van der Waals surface area contributed by atoms with Crippen LogP contribution >= 0.6 is 11.6 Å². The van der Waals surface area contributed by atoms with Crippen molar-refractivity contribution in [3.63, 3.8) is 0 Å². The number of hydrogen-bond acceptors (Lipinski definition) is 1. The molecule has 0 spiro atoms.